The van der Waals surface area contributed by atoms with Crippen LogP contribution >= 0.6 is 0 Å². The monoisotopic (exact) mass is 205 g/mol. The van der Waals surface area contributed by atoms with E-state index in [9.17, 15) is 4.79 Å². The normalized spacial score (nSPS) is 14.9. The zero-order chi connectivity index (χ0) is 10.8. The Bertz CT molecular complexity index is 399. The summed E-state index contributed by atoms with van der Waals surface area (Å²) in [6.07, 6.45) is 2.44. The van der Waals surface area contributed by atoms with Crippen molar-refractivity contribution in [3.63, 3.8) is 0 Å². The van der Waals surface area contributed by atoms with Crippen LogP contribution in [0.5, 0.6) is 5.75 Å². The molecule has 0 N–H and O–H groups in total. The van der Waals surface area contributed by atoms with Gasteiger partial charge in [-0.3, -0.25) is 4.79 Å². The van der Waals surface area contributed by atoms with Gasteiger partial charge in [0.25, 0.3) is 0 Å². The van der Waals surface area contributed by atoms with Crippen LogP contribution in [0.2, 0.25) is 0 Å². The quantitative estimate of drug-likeness (QED) is 0.743. The zero-order valence-corrected chi connectivity index (χ0v) is 9.17. The molecule has 0 radical (unpaired) electrons. The molecular formula is C12H15NO2. The first-order chi connectivity index (χ1) is 7.22. The number of hydrogen-bond donors (Lipinski definition) is 0. The Morgan fingerprint density at radius 2 is 2.27 bits per heavy atom. The number of pyridine rings is 1. The number of hydrogen-bond acceptors (Lipinski definition) is 3. The van der Waals surface area contributed by atoms with E-state index in [2.05, 4.69) is 4.98 Å². The fourth-order valence-corrected chi connectivity index (χ4v) is 1.97. The maximum Gasteiger partial charge on any atom is 0.181 e. The van der Waals surface area contributed by atoms with Crippen LogP contribution in [0, 0.1) is 6.92 Å². The molecule has 3 heteroatoms. The molecule has 0 bridgehead atoms. The van der Waals surface area contributed by atoms with Crippen molar-refractivity contribution in [2.24, 2.45) is 0 Å². The zero-order valence-electron chi connectivity index (χ0n) is 9.17. The molecule has 0 atom stereocenters. The van der Waals surface area contributed by atoms with Gasteiger partial charge in [0, 0.05) is 23.7 Å². The average molecular weight is 205 g/mol. The van der Waals surface area contributed by atoms with E-state index in [0.29, 0.717) is 18.7 Å². The summed E-state index contributed by atoms with van der Waals surface area (Å²) in [4.78, 5) is 16.0. The Morgan fingerprint density at radius 3 is 3.00 bits per heavy atom. The van der Waals surface area contributed by atoms with Crippen LogP contribution in [0.25, 0.3) is 0 Å². The lowest BCUT2D eigenvalue weighted by molar-refractivity contribution is 0.0965. The van der Waals surface area contributed by atoms with Crippen LogP contribution in [0.15, 0.2) is 6.07 Å². The molecule has 1 aromatic rings. The number of ketones is 1. The van der Waals surface area contributed by atoms with Crippen molar-refractivity contribution in [1.82, 2.24) is 4.98 Å². The van der Waals surface area contributed by atoms with Gasteiger partial charge in [-0.1, -0.05) is 0 Å². The third-order valence-corrected chi connectivity index (χ3v) is 2.61. The first-order valence-electron chi connectivity index (χ1n) is 5.39. The third-order valence-electron chi connectivity index (χ3n) is 2.61. The predicted octanol–water partition coefficient (Wildman–Crippen LogP) is 2.31. The van der Waals surface area contributed by atoms with E-state index in [1.54, 1.807) is 0 Å². The van der Waals surface area contributed by atoms with Gasteiger partial charge >= 0.3 is 0 Å². The molecule has 0 aliphatic heterocycles. The first kappa shape index (κ1) is 10.1. The SMILES string of the molecule is CCOc1cc(C)nc2c1CCCC2=O. The van der Waals surface area contributed by atoms with Gasteiger partial charge < -0.3 is 4.74 Å². The lowest BCUT2D eigenvalue weighted by Gasteiger charge is -2.18. The molecule has 0 spiro atoms. The number of Topliss-reactive ketones (excluding diaryl/α,β-unsaturated/α-hetero) is 1. The summed E-state index contributed by atoms with van der Waals surface area (Å²) in [6.45, 7) is 4.47. The molecule has 0 saturated carbocycles. The van der Waals surface area contributed by atoms with Gasteiger partial charge in [-0.15, -0.1) is 0 Å². The molecule has 0 fully saturated rings. The van der Waals surface area contributed by atoms with Crippen LogP contribution in [-0.2, 0) is 6.42 Å². The number of carbonyl (C=O) groups is 1. The van der Waals surface area contributed by atoms with Crippen LogP contribution in [-0.4, -0.2) is 17.4 Å². The van der Waals surface area contributed by atoms with Crippen molar-refractivity contribution < 1.29 is 9.53 Å². The number of fused-ring (bicyclic) bond motifs is 1. The summed E-state index contributed by atoms with van der Waals surface area (Å²) in [5.74, 6) is 0.994. The summed E-state index contributed by atoms with van der Waals surface area (Å²) in [7, 11) is 0. The fourth-order valence-electron chi connectivity index (χ4n) is 1.97. The molecule has 0 aromatic carbocycles. The summed E-state index contributed by atoms with van der Waals surface area (Å²) in [5, 5.41) is 0. The van der Waals surface area contributed by atoms with Crippen LogP contribution < -0.4 is 4.74 Å². The Morgan fingerprint density at radius 1 is 1.47 bits per heavy atom. The molecule has 15 heavy (non-hydrogen) atoms. The maximum absolute atomic E-state index is 11.7. The van der Waals surface area contributed by atoms with Crippen molar-refractivity contribution in [2.75, 3.05) is 6.61 Å². The fraction of sp³-hybridized carbons (Fsp3) is 0.500. The lowest BCUT2D eigenvalue weighted by Crippen LogP contribution is -2.15. The van der Waals surface area contributed by atoms with Gasteiger partial charge in [0.15, 0.2) is 5.78 Å². The van der Waals surface area contributed by atoms with Crippen molar-refractivity contribution >= 4 is 5.78 Å². The Labute approximate surface area is 89.5 Å². The van der Waals surface area contributed by atoms with Crippen molar-refractivity contribution in [2.45, 2.75) is 33.1 Å². The van der Waals surface area contributed by atoms with Gasteiger partial charge in [-0.05, 0) is 26.7 Å². The van der Waals surface area contributed by atoms with Crippen LogP contribution in [0.3, 0.4) is 0 Å². The summed E-state index contributed by atoms with van der Waals surface area (Å²) in [5.41, 5.74) is 2.48. The topological polar surface area (TPSA) is 39.2 Å². The van der Waals surface area contributed by atoms with Gasteiger partial charge in [-0.2, -0.15) is 0 Å². The van der Waals surface area contributed by atoms with E-state index in [1.165, 1.54) is 0 Å². The molecule has 1 aliphatic rings. The molecule has 2 rings (SSSR count). The van der Waals surface area contributed by atoms with E-state index in [4.69, 9.17) is 4.74 Å². The Kier molecular flexibility index (Phi) is 2.71. The highest BCUT2D eigenvalue weighted by Gasteiger charge is 2.22. The summed E-state index contributed by atoms with van der Waals surface area (Å²) < 4.78 is 5.54. The molecule has 1 heterocycles. The first-order valence-corrected chi connectivity index (χ1v) is 5.39. The second-order valence-corrected chi connectivity index (χ2v) is 3.80. The molecule has 0 unspecified atom stereocenters. The highest BCUT2D eigenvalue weighted by Crippen LogP contribution is 2.29. The minimum atomic E-state index is 0.154. The number of nitrogens with zero attached hydrogens (tertiary/aromatic N) is 1. The van der Waals surface area contributed by atoms with E-state index in [1.807, 2.05) is 19.9 Å². The van der Waals surface area contributed by atoms with Crippen molar-refractivity contribution in [3.8, 4) is 5.75 Å². The highest BCUT2D eigenvalue weighted by molar-refractivity contribution is 5.97. The average Bonchev–Trinajstić information content (AvgIpc) is 2.20. The standard InChI is InChI=1S/C12H15NO2/c1-3-15-11-7-8(2)13-12-9(11)5-4-6-10(12)14/h7H,3-6H2,1-2H3. The number of ether oxygens (including phenoxy) is 1. The van der Waals surface area contributed by atoms with E-state index in [-0.39, 0.29) is 5.78 Å². The molecule has 0 saturated heterocycles. The van der Waals surface area contributed by atoms with Crippen LogP contribution in [0.4, 0.5) is 0 Å². The van der Waals surface area contributed by atoms with E-state index >= 15 is 0 Å². The van der Waals surface area contributed by atoms with E-state index < -0.39 is 0 Å². The third kappa shape index (κ3) is 1.87. The second kappa shape index (κ2) is 4.01. The molecule has 0 amide bonds. The number of rotatable bonds is 2. The number of aryl methyl sites for hydroxylation is 1. The number of carbonyl (C=O) groups excluding carboxylic acids is 1. The highest BCUT2D eigenvalue weighted by atomic mass is 16.5. The second-order valence-electron chi connectivity index (χ2n) is 3.80. The lowest BCUT2D eigenvalue weighted by atomic mass is 9.94. The van der Waals surface area contributed by atoms with Crippen molar-refractivity contribution in [1.29, 1.82) is 0 Å². The smallest absolute Gasteiger partial charge is 0.181 e. The molecule has 80 valence electrons. The molecular weight excluding hydrogens is 190 g/mol. The molecule has 1 aromatic heterocycles. The molecule has 3 nitrogen and oxygen atoms in total. The Balaban J connectivity index is 2.51. The van der Waals surface area contributed by atoms with Gasteiger partial charge in [0.2, 0.25) is 0 Å². The van der Waals surface area contributed by atoms with Gasteiger partial charge in [0.1, 0.15) is 11.4 Å². The summed E-state index contributed by atoms with van der Waals surface area (Å²) in [6, 6.07) is 1.92. The predicted molar refractivity (Wildman–Crippen MR) is 57.4 cm³/mol. The number of aromatic nitrogens is 1. The summed E-state index contributed by atoms with van der Waals surface area (Å²) >= 11 is 0. The van der Waals surface area contributed by atoms with Gasteiger partial charge in [0.05, 0.1) is 6.61 Å². The van der Waals surface area contributed by atoms with E-state index in [0.717, 1.165) is 29.8 Å². The minimum absolute atomic E-state index is 0.154. The maximum atomic E-state index is 11.7. The Hall–Kier alpha value is -1.38. The van der Waals surface area contributed by atoms with Gasteiger partial charge in [-0.25, -0.2) is 4.98 Å². The molecule has 1 aliphatic carbocycles. The van der Waals surface area contributed by atoms with Crippen molar-refractivity contribution in [3.05, 3.63) is 23.0 Å². The largest absolute Gasteiger partial charge is 0.493 e. The minimum Gasteiger partial charge on any atom is -0.493 e. The van der Waals surface area contributed by atoms with Crippen LogP contribution in [0.1, 0.15) is 41.5 Å².